The van der Waals surface area contributed by atoms with E-state index in [1.54, 1.807) is 15.9 Å². The van der Waals surface area contributed by atoms with Gasteiger partial charge in [-0.25, -0.2) is 0 Å². The maximum absolute atomic E-state index is 14.2. The van der Waals surface area contributed by atoms with Crippen LogP contribution in [0.25, 0.3) is 0 Å². The number of ether oxygens (including phenoxy) is 2. The Morgan fingerprint density at radius 3 is 2.46 bits per heavy atom. The maximum atomic E-state index is 14.2. The smallest absolute Gasteiger partial charge is 0.313 e. The van der Waals surface area contributed by atoms with Crippen LogP contribution in [0.4, 0.5) is 0 Å². The van der Waals surface area contributed by atoms with Crippen molar-refractivity contribution in [2.45, 2.75) is 89.6 Å². The van der Waals surface area contributed by atoms with Crippen molar-refractivity contribution >= 4 is 17.8 Å². The van der Waals surface area contributed by atoms with Crippen molar-refractivity contribution in [1.82, 2.24) is 9.80 Å². The molecule has 3 aliphatic rings. The lowest BCUT2D eigenvalue weighted by Crippen LogP contribution is -2.60. The van der Waals surface area contributed by atoms with Gasteiger partial charge in [-0.3, -0.25) is 14.4 Å². The first-order valence-electron chi connectivity index (χ1n) is 12.9. The summed E-state index contributed by atoms with van der Waals surface area (Å²) in [5.74, 6) is -2.47. The van der Waals surface area contributed by atoms with Crippen molar-refractivity contribution in [2.24, 2.45) is 17.8 Å². The highest BCUT2D eigenvalue weighted by Gasteiger charge is 2.79. The molecule has 8 nitrogen and oxygen atoms in total. The second kappa shape index (κ2) is 10.4. The molecule has 2 bridgehead atoms. The number of amides is 2. The van der Waals surface area contributed by atoms with Crippen molar-refractivity contribution < 1.29 is 29.0 Å². The molecule has 2 unspecified atom stereocenters. The van der Waals surface area contributed by atoms with Crippen LogP contribution in [0.5, 0.6) is 0 Å². The summed E-state index contributed by atoms with van der Waals surface area (Å²) in [6.45, 7) is 17.3. The summed E-state index contributed by atoms with van der Waals surface area (Å²) >= 11 is 0. The number of fused-ring (bicyclic) bond motifs is 1. The number of likely N-dealkylation sites (tertiary alicyclic amines) is 1. The highest BCUT2D eigenvalue weighted by atomic mass is 16.6. The zero-order valence-corrected chi connectivity index (χ0v) is 21.9. The molecule has 1 spiro atoms. The largest absolute Gasteiger partial charge is 0.461 e. The lowest BCUT2D eigenvalue weighted by molar-refractivity contribution is -0.163. The summed E-state index contributed by atoms with van der Waals surface area (Å²) in [6.07, 6.45) is 5.29. The molecule has 0 aliphatic carbocycles. The summed E-state index contributed by atoms with van der Waals surface area (Å²) in [4.78, 5) is 44.9. The monoisotopic (exact) mass is 490 g/mol. The minimum atomic E-state index is -1.14. The minimum absolute atomic E-state index is 0.0438. The topological polar surface area (TPSA) is 96.4 Å². The van der Waals surface area contributed by atoms with E-state index < -0.39 is 41.1 Å². The molecule has 2 amide bonds. The molecule has 0 aromatic heterocycles. The van der Waals surface area contributed by atoms with Gasteiger partial charge in [-0.2, -0.15) is 0 Å². The normalized spacial score (nSPS) is 32.2. The summed E-state index contributed by atoms with van der Waals surface area (Å²) in [6, 6.07) is -1.61. The number of esters is 1. The van der Waals surface area contributed by atoms with Crippen LogP contribution in [-0.4, -0.2) is 81.8 Å². The Bertz CT molecular complexity index is 857. The molecular weight excluding hydrogens is 448 g/mol. The third kappa shape index (κ3) is 4.33. The molecule has 35 heavy (non-hydrogen) atoms. The van der Waals surface area contributed by atoms with Gasteiger partial charge in [0.05, 0.1) is 24.2 Å². The van der Waals surface area contributed by atoms with Crippen LogP contribution in [0.15, 0.2) is 25.3 Å². The number of aliphatic hydroxyl groups excluding tert-OH is 1. The Hall–Kier alpha value is -2.19. The summed E-state index contributed by atoms with van der Waals surface area (Å²) < 4.78 is 12.2. The van der Waals surface area contributed by atoms with Gasteiger partial charge in [0.15, 0.2) is 0 Å². The van der Waals surface area contributed by atoms with E-state index in [2.05, 4.69) is 13.2 Å². The first-order chi connectivity index (χ1) is 16.5. The van der Waals surface area contributed by atoms with E-state index in [1.165, 1.54) is 6.08 Å². The van der Waals surface area contributed by atoms with E-state index in [0.29, 0.717) is 32.2 Å². The zero-order chi connectivity index (χ0) is 26.1. The molecule has 3 saturated heterocycles. The van der Waals surface area contributed by atoms with Crippen molar-refractivity contribution in [3.63, 3.8) is 0 Å². The molecule has 196 valence electrons. The molecule has 1 N–H and O–H groups in total. The van der Waals surface area contributed by atoms with E-state index >= 15 is 0 Å². The van der Waals surface area contributed by atoms with Gasteiger partial charge >= 0.3 is 5.97 Å². The number of rotatable bonds is 12. The van der Waals surface area contributed by atoms with E-state index in [-0.39, 0.29) is 37.0 Å². The van der Waals surface area contributed by atoms with E-state index in [4.69, 9.17) is 9.47 Å². The summed E-state index contributed by atoms with van der Waals surface area (Å²) in [5.41, 5.74) is -1.99. The molecule has 0 aromatic carbocycles. The van der Waals surface area contributed by atoms with E-state index in [9.17, 15) is 19.5 Å². The van der Waals surface area contributed by atoms with Gasteiger partial charge < -0.3 is 24.4 Å². The Morgan fingerprint density at radius 2 is 1.94 bits per heavy atom. The number of hydrogen-bond acceptors (Lipinski definition) is 6. The van der Waals surface area contributed by atoms with Crippen LogP contribution in [0.1, 0.15) is 60.3 Å². The van der Waals surface area contributed by atoms with Crippen LogP contribution in [0.2, 0.25) is 0 Å². The van der Waals surface area contributed by atoms with Crippen molar-refractivity contribution in [2.75, 3.05) is 19.8 Å². The third-order valence-corrected chi connectivity index (χ3v) is 8.03. The molecule has 0 saturated carbocycles. The van der Waals surface area contributed by atoms with E-state index in [0.717, 1.165) is 0 Å². The third-order valence-electron chi connectivity index (χ3n) is 8.03. The van der Waals surface area contributed by atoms with Crippen molar-refractivity contribution in [3.05, 3.63) is 25.3 Å². The zero-order valence-electron chi connectivity index (χ0n) is 21.9. The second-order valence-corrected chi connectivity index (χ2v) is 10.8. The molecule has 6 atom stereocenters. The van der Waals surface area contributed by atoms with Crippen LogP contribution in [0, 0.1) is 17.8 Å². The minimum Gasteiger partial charge on any atom is -0.461 e. The van der Waals surface area contributed by atoms with Crippen molar-refractivity contribution in [1.29, 1.82) is 0 Å². The highest BCUT2D eigenvalue weighted by Crippen LogP contribution is 2.65. The number of carbonyl (C=O) groups excluding carboxylic acids is 3. The average molecular weight is 491 g/mol. The molecule has 3 aliphatic heterocycles. The summed E-state index contributed by atoms with van der Waals surface area (Å²) in [5, 5.41) is 10.3. The van der Waals surface area contributed by atoms with Gasteiger partial charge in [-0.15, -0.1) is 6.58 Å². The fraction of sp³-hybridized carbons (Fsp3) is 0.741. The molecule has 8 heteroatoms. The fourth-order valence-electron chi connectivity index (χ4n) is 6.59. The van der Waals surface area contributed by atoms with Gasteiger partial charge in [0, 0.05) is 12.6 Å². The van der Waals surface area contributed by atoms with Gasteiger partial charge in [0.25, 0.3) is 0 Å². The number of nitrogens with zero attached hydrogens (tertiary/aromatic N) is 2. The van der Waals surface area contributed by atoms with Crippen LogP contribution < -0.4 is 0 Å². The van der Waals surface area contributed by atoms with Gasteiger partial charge in [0.1, 0.15) is 24.2 Å². The highest BCUT2D eigenvalue weighted by molar-refractivity contribution is 5.98. The Kier molecular flexibility index (Phi) is 8.16. The van der Waals surface area contributed by atoms with Gasteiger partial charge in [0.2, 0.25) is 11.8 Å². The maximum Gasteiger partial charge on any atom is 0.313 e. The number of hydrogen-bond donors (Lipinski definition) is 1. The van der Waals surface area contributed by atoms with E-state index in [1.807, 2.05) is 34.6 Å². The van der Waals surface area contributed by atoms with Crippen LogP contribution in [0.3, 0.4) is 0 Å². The Labute approximate surface area is 209 Å². The molecule has 3 fully saturated rings. The average Bonchev–Trinajstić information content (AvgIpc) is 3.42. The number of aliphatic hydroxyl groups is 1. The first kappa shape index (κ1) is 27.4. The lowest BCUT2D eigenvalue weighted by atomic mass is 9.65. The Morgan fingerprint density at radius 1 is 1.26 bits per heavy atom. The molecule has 3 rings (SSSR count). The quantitative estimate of drug-likeness (QED) is 0.334. The number of carbonyl (C=O) groups is 3. The predicted molar refractivity (Wildman–Crippen MR) is 132 cm³/mol. The first-order valence-corrected chi connectivity index (χ1v) is 12.9. The predicted octanol–water partition coefficient (Wildman–Crippen LogP) is 2.70. The molecular formula is C27H42N2O6. The fourth-order valence-corrected chi connectivity index (χ4v) is 6.59. The molecule has 3 heterocycles. The summed E-state index contributed by atoms with van der Waals surface area (Å²) in [7, 11) is 0. The van der Waals surface area contributed by atoms with Gasteiger partial charge in [-0.05, 0) is 45.4 Å². The van der Waals surface area contributed by atoms with Gasteiger partial charge in [-0.1, -0.05) is 39.5 Å². The Balaban J connectivity index is 2.16. The van der Waals surface area contributed by atoms with Crippen LogP contribution in [-0.2, 0) is 23.9 Å². The molecule has 0 radical (unpaired) electrons. The van der Waals surface area contributed by atoms with Crippen molar-refractivity contribution in [3.8, 4) is 0 Å². The molecule has 0 aromatic rings. The lowest BCUT2D eigenvalue weighted by Gasteiger charge is -2.41. The SMILES string of the molecule is C=CCOC(=O)[C@@H]1[C@H]2C(=O)N([C@@H](CO)CC(C)C)C(C(=O)N(CC=C)C(C)C)C23CC[C@@]1(CC)O3. The second-order valence-electron chi connectivity index (χ2n) is 10.8. The van der Waals surface area contributed by atoms with Crippen LogP contribution >= 0.6 is 0 Å². The standard InChI is InChI=1S/C27H42N2O6/c1-8-13-28(18(6)7)24(32)22-27-12-11-26(10-3,35-27)21(25(33)34-14-9-2)20(27)23(31)29(22)19(16-30)15-17(4)5/h8-9,17-22,30H,1-2,10-16H2,3-7H3/t19-,20+,21+,22?,26-,27?/m1/s1.